The van der Waals surface area contributed by atoms with Crippen molar-refractivity contribution in [2.75, 3.05) is 5.32 Å². The normalized spacial score (nSPS) is 16.3. The second-order valence-electron chi connectivity index (χ2n) is 5.32. The van der Waals surface area contributed by atoms with Gasteiger partial charge in [-0.2, -0.15) is 0 Å². The van der Waals surface area contributed by atoms with Crippen molar-refractivity contribution in [2.24, 2.45) is 0 Å². The van der Waals surface area contributed by atoms with Crippen molar-refractivity contribution in [3.05, 3.63) is 27.8 Å². The average Bonchev–Trinajstić information content (AvgIpc) is 2.91. The van der Waals surface area contributed by atoms with Gasteiger partial charge in [0.05, 0.1) is 0 Å². The molecule has 1 aromatic carbocycles. The minimum absolute atomic E-state index is 0.205. The Kier molecular flexibility index (Phi) is 5.84. The van der Waals surface area contributed by atoms with Crippen molar-refractivity contribution >= 4 is 40.2 Å². The van der Waals surface area contributed by atoms with Gasteiger partial charge in [0.25, 0.3) is 0 Å². The molecule has 1 unspecified atom stereocenters. The lowest BCUT2D eigenvalue weighted by Crippen LogP contribution is -2.48. The van der Waals surface area contributed by atoms with Crippen molar-refractivity contribution in [1.29, 1.82) is 0 Å². The van der Waals surface area contributed by atoms with Gasteiger partial charge in [-0.3, -0.25) is 10.1 Å². The molecule has 1 aliphatic rings. The van der Waals surface area contributed by atoms with Crippen LogP contribution in [0.1, 0.15) is 32.6 Å². The molecule has 3 N–H and O–H groups in total. The van der Waals surface area contributed by atoms with Gasteiger partial charge < -0.3 is 10.6 Å². The van der Waals surface area contributed by atoms with Crippen LogP contribution >= 0.6 is 22.6 Å². The number of halogens is 1. The molecule has 1 atom stereocenters. The molecule has 1 saturated carbocycles. The number of hydrogen-bond donors (Lipinski definition) is 3. The number of amides is 3. The highest BCUT2D eigenvalue weighted by Crippen LogP contribution is 2.17. The number of nitrogens with one attached hydrogen (secondary N) is 3. The SMILES string of the molecule is CC(Nc1cccc(I)c1)C(=O)NC(=O)NC1CCCC1. The molecular weight excluding hydrogens is 381 g/mol. The van der Waals surface area contributed by atoms with Crippen LogP contribution in [0.15, 0.2) is 24.3 Å². The third-order valence-corrected chi connectivity index (χ3v) is 4.20. The van der Waals surface area contributed by atoms with Crippen molar-refractivity contribution < 1.29 is 9.59 Å². The first kappa shape index (κ1) is 16.1. The van der Waals surface area contributed by atoms with Crippen molar-refractivity contribution in [1.82, 2.24) is 10.6 Å². The minimum atomic E-state index is -0.475. The molecule has 1 fully saturated rings. The predicted molar refractivity (Wildman–Crippen MR) is 91.2 cm³/mol. The van der Waals surface area contributed by atoms with E-state index >= 15 is 0 Å². The molecular formula is C15H20IN3O2. The Morgan fingerprint density at radius 2 is 2.00 bits per heavy atom. The Balaban J connectivity index is 1.80. The predicted octanol–water partition coefficient (Wildman–Crippen LogP) is 2.86. The maximum absolute atomic E-state index is 12.0. The molecule has 5 nitrogen and oxygen atoms in total. The van der Waals surface area contributed by atoms with Gasteiger partial charge in [-0.15, -0.1) is 0 Å². The second kappa shape index (κ2) is 7.63. The zero-order chi connectivity index (χ0) is 15.2. The molecule has 1 aromatic rings. The maximum atomic E-state index is 12.0. The highest BCUT2D eigenvalue weighted by Gasteiger charge is 2.20. The monoisotopic (exact) mass is 401 g/mol. The number of urea groups is 1. The average molecular weight is 401 g/mol. The van der Waals surface area contributed by atoms with E-state index in [1.165, 1.54) is 0 Å². The summed E-state index contributed by atoms with van der Waals surface area (Å²) in [6.45, 7) is 1.73. The fourth-order valence-electron chi connectivity index (χ4n) is 2.41. The van der Waals surface area contributed by atoms with Gasteiger partial charge in [0.1, 0.15) is 6.04 Å². The van der Waals surface area contributed by atoms with Gasteiger partial charge in [-0.1, -0.05) is 18.9 Å². The largest absolute Gasteiger partial charge is 0.374 e. The Hall–Kier alpha value is -1.31. The molecule has 0 heterocycles. The fourth-order valence-corrected chi connectivity index (χ4v) is 2.95. The lowest BCUT2D eigenvalue weighted by Gasteiger charge is -2.17. The summed E-state index contributed by atoms with van der Waals surface area (Å²) in [5.41, 5.74) is 0.862. The van der Waals surface area contributed by atoms with Crippen LogP contribution in [0.5, 0.6) is 0 Å². The van der Waals surface area contributed by atoms with Gasteiger partial charge in [-0.25, -0.2) is 4.79 Å². The second-order valence-corrected chi connectivity index (χ2v) is 6.57. The summed E-state index contributed by atoms with van der Waals surface area (Å²) in [7, 11) is 0. The first-order valence-corrected chi connectivity index (χ1v) is 8.26. The van der Waals surface area contributed by atoms with Crippen LogP contribution < -0.4 is 16.0 Å². The molecule has 0 radical (unpaired) electrons. The Morgan fingerprint density at radius 1 is 1.29 bits per heavy atom. The van der Waals surface area contributed by atoms with Crippen LogP contribution in [0.2, 0.25) is 0 Å². The third-order valence-electron chi connectivity index (χ3n) is 3.53. The maximum Gasteiger partial charge on any atom is 0.321 e. The number of benzene rings is 1. The van der Waals surface area contributed by atoms with E-state index in [0.717, 1.165) is 34.9 Å². The Morgan fingerprint density at radius 3 is 2.67 bits per heavy atom. The molecule has 0 aromatic heterocycles. The van der Waals surface area contributed by atoms with Gasteiger partial charge >= 0.3 is 6.03 Å². The number of rotatable bonds is 4. The molecule has 0 aliphatic heterocycles. The quantitative estimate of drug-likeness (QED) is 0.680. The van der Waals surface area contributed by atoms with Crippen molar-refractivity contribution in [3.63, 3.8) is 0 Å². The summed E-state index contributed by atoms with van der Waals surface area (Å²) in [6.07, 6.45) is 4.28. The fraction of sp³-hybridized carbons (Fsp3) is 0.467. The van der Waals surface area contributed by atoms with E-state index in [1.54, 1.807) is 6.92 Å². The number of carbonyl (C=O) groups excluding carboxylic acids is 2. The Bertz CT molecular complexity index is 515. The molecule has 1 aliphatic carbocycles. The van der Waals surface area contributed by atoms with Crippen LogP contribution in [-0.2, 0) is 4.79 Å². The van der Waals surface area contributed by atoms with Crippen LogP contribution in [0.3, 0.4) is 0 Å². The number of anilines is 1. The standard InChI is InChI=1S/C15H20IN3O2/c1-10(17-13-8-4-5-11(16)9-13)14(20)19-15(21)18-12-6-2-3-7-12/h4-5,8-10,12,17H,2-3,6-7H2,1H3,(H2,18,19,20,21). The van der Waals surface area contributed by atoms with Crippen LogP contribution in [0, 0.1) is 3.57 Å². The first-order valence-electron chi connectivity index (χ1n) is 7.18. The van der Waals surface area contributed by atoms with Gasteiger partial charge in [0.15, 0.2) is 0 Å². The van der Waals surface area contributed by atoms with E-state index in [1.807, 2.05) is 24.3 Å². The molecule has 3 amide bonds. The highest BCUT2D eigenvalue weighted by atomic mass is 127. The molecule has 6 heteroatoms. The summed E-state index contributed by atoms with van der Waals surface area (Å²) in [4.78, 5) is 23.7. The summed E-state index contributed by atoms with van der Waals surface area (Å²) >= 11 is 2.21. The van der Waals surface area contributed by atoms with E-state index in [4.69, 9.17) is 0 Å². The Labute approximate surface area is 138 Å². The lowest BCUT2D eigenvalue weighted by atomic mass is 10.2. The molecule has 21 heavy (non-hydrogen) atoms. The first-order chi connectivity index (χ1) is 10.0. The topological polar surface area (TPSA) is 70.2 Å². The summed E-state index contributed by atoms with van der Waals surface area (Å²) in [6, 6.07) is 7.07. The summed E-state index contributed by atoms with van der Waals surface area (Å²) < 4.78 is 1.09. The van der Waals surface area contributed by atoms with E-state index < -0.39 is 12.1 Å². The van der Waals surface area contributed by atoms with Gasteiger partial charge in [0, 0.05) is 15.3 Å². The van der Waals surface area contributed by atoms with Crippen molar-refractivity contribution in [3.8, 4) is 0 Å². The van der Waals surface area contributed by atoms with E-state index in [-0.39, 0.29) is 11.9 Å². The lowest BCUT2D eigenvalue weighted by molar-refractivity contribution is -0.120. The van der Waals surface area contributed by atoms with E-state index in [9.17, 15) is 9.59 Å². The zero-order valence-corrected chi connectivity index (χ0v) is 14.1. The molecule has 0 bridgehead atoms. The van der Waals surface area contributed by atoms with E-state index in [2.05, 4.69) is 38.5 Å². The third kappa shape index (κ3) is 5.18. The van der Waals surface area contributed by atoms with Crippen molar-refractivity contribution in [2.45, 2.75) is 44.7 Å². The smallest absolute Gasteiger partial charge is 0.321 e. The highest BCUT2D eigenvalue weighted by molar-refractivity contribution is 14.1. The summed E-state index contributed by atoms with van der Waals surface area (Å²) in [5.74, 6) is -0.329. The van der Waals surface area contributed by atoms with Crippen LogP contribution in [0.4, 0.5) is 10.5 Å². The number of imide groups is 1. The number of hydrogen-bond acceptors (Lipinski definition) is 3. The van der Waals surface area contributed by atoms with Crippen LogP contribution in [-0.4, -0.2) is 24.0 Å². The number of carbonyl (C=O) groups is 2. The minimum Gasteiger partial charge on any atom is -0.374 e. The zero-order valence-electron chi connectivity index (χ0n) is 12.0. The molecule has 2 rings (SSSR count). The van der Waals surface area contributed by atoms with Gasteiger partial charge in [-0.05, 0) is 60.6 Å². The van der Waals surface area contributed by atoms with Crippen LogP contribution in [0.25, 0.3) is 0 Å². The van der Waals surface area contributed by atoms with Gasteiger partial charge in [0.2, 0.25) is 5.91 Å². The summed E-state index contributed by atoms with van der Waals surface area (Å²) in [5, 5.41) is 8.31. The molecule has 0 saturated heterocycles. The molecule has 114 valence electrons. The van der Waals surface area contributed by atoms with E-state index in [0.29, 0.717) is 0 Å². The molecule has 0 spiro atoms.